The molecule has 0 atom stereocenters. The lowest BCUT2D eigenvalue weighted by Gasteiger charge is -2.09. The molecular formula is C17H20N6O. The molecule has 2 heterocycles. The Bertz CT molecular complexity index is 788. The van der Waals surface area contributed by atoms with Crippen LogP contribution in [0.4, 0.5) is 5.82 Å². The van der Waals surface area contributed by atoms with Crippen LogP contribution < -0.4 is 5.32 Å². The van der Waals surface area contributed by atoms with Crippen LogP contribution in [0.1, 0.15) is 22.6 Å². The highest BCUT2D eigenvalue weighted by atomic mass is 16.5. The van der Waals surface area contributed by atoms with Gasteiger partial charge >= 0.3 is 0 Å². The average molecular weight is 324 g/mol. The summed E-state index contributed by atoms with van der Waals surface area (Å²) in [5, 5.41) is 7.48. The van der Waals surface area contributed by atoms with Gasteiger partial charge in [0.25, 0.3) is 0 Å². The molecule has 0 amide bonds. The topological polar surface area (TPSA) is 77.8 Å². The van der Waals surface area contributed by atoms with Gasteiger partial charge in [-0.3, -0.25) is 0 Å². The molecule has 7 nitrogen and oxygen atoms in total. The van der Waals surface area contributed by atoms with E-state index in [1.165, 1.54) is 11.1 Å². The molecule has 0 aliphatic rings. The molecule has 124 valence electrons. The zero-order valence-electron chi connectivity index (χ0n) is 13.8. The van der Waals surface area contributed by atoms with Crippen LogP contribution in [-0.2, 0) is 24.4 Å². The molecule has 0 fully saturated rings. The van der Waals surface area contributed by atoms with Gasteiger partial charge in [-0.1, -0.05) is 24.3 Å². The molecule has 3 aromatic rings. The smallest absolute Gasteiger partial charge is 0.156 e. The number of methoxy groups -OCH3 is 1. The summed E-state index contributed by atoms with van der Waals surface area (Å²) in [6, 6.07) is 10.3. The van der Waals surface area contributed by atoms with Crippen LogP contribution in [0.3, 0.4) is 0 Å². The van der Waals surface area contributed by atoms with Crippen LogP contribution in [0.15, 0.2) is 43.0 Å². The second-order valence-electron chi connectivity index (χ2n) is 5.51. The summed E-state index contributed by atoms with van der Waals surface area (Å²) < 4.78 is 6.90. The minimum absolute atomic E-state index is 0.406. The van der Waals surface area contributed by atoms with Gasteiger partial charge in [-0.25, -0.2) is 19.6 Å². The maximum atomic E-state index is 5.10. The van der Waals surface area contributed by atoms with Crippen molar-refractivity contribution in [3.8, 4) is 0 Å². The summed E-state index contributed by atoms with van der Waals surface area (Å²) >= 11 is 0. The average Bonchev–Trinajstić information content (AvgIpc) is 3.06. The molecule has 0 aliphatic carbocycles. The van der Waals surface area contributed by atoms with E-state index >= 15 is 0 Å². The van der Waals surface area contributed by atoms with E-state index in [0.29, 0.717) is 25.5 Å². The van der Waals surface area contributed by atoms with Crippen LogP contribution in [0.2, 0.25) is 0 Å². The number of anilines is 1. The normalized spacial score (nSPS) is 10.8. The van der Waals surface area contributed by atoms with Crippen LogP contribution >= 0.6 is 0 Å². The van der Waals surface area contributed by atoms with E-state index < -0.39 is 0 Å². The molecule has 2 aromatic heterocycles. The van der Waals surface area contributed by atoms with E-state index in [1.54, 1.807) is 24.4 Å². The number of hydrogen-bond acceptors (Lipinski definition) is 6. The first-order chi connectivity index (χ1) is 11.7. The zero-order valence-corrected chi connectivity index (χ0v) is 13.8. The number of nitrogens with zero attached hydrogens (tertiary/aromatic N) is 5. The van der Waals surface area contributed by atoms with Crippen molar-refractivity contribution in [2.75, 3.05) is 12.4 Å². The first-order valence-corrected chi connectivity index (χ1v) is 7.70. The van der Waals surface area contributed by atoms with Gasteiger partial charge < -0.3 is 10.1 Å². The van der Waals surface area contributed by atoms with E-state index in [-0.39, 0.29) is 0 Å². The van der Waals surface area contributed by atoms with Crippen molar-refractivity contribution < 1.29 is 4.74 Å². The fourth-order valence-corrected chi connectivity index (χ4v) is 2.45. The summed E-state index contributed by atoms with van der Waals surface area (Å²) in [6.07, 6.45) is 3.26. The van der Waals surface area contributed by atoms with Crippen molar-refractivity contribution in [3.05, 3.63) is 65.6 Å². The molecule has 0 unspecified atom stereocenters. The SMILES string of the molecule is COCc1nc(C)cc(NCc2cccc(Cn3cncn3)c2)n1. The minimum Gasteiger partial charge on any atom is -0.377 e. The Morgan fingerprint density at radius 1 is 1.17 bits per heavy atom. The van der Waals surface area contributed by atoms with Crippen molar-refractivity contribution >= 4 is 5.82 Å². The Hall–Kier alpha value is -2.80. The predicted octanol–water partition coefficient (Wildman–Crippen LogP) is 2.18. The van der Waals surface area contributed by atoms with Gasteiger partial charge in [0.05, 0.1) is 6.54 Å². The monoisotopic (exact) mass is 324 g/mol. The molecule has 0 spiro atoms. The van der Waals surface area contributed by atoms with Gasteiger partial charge in [-0.2, -0.15) is 5.10 Å². The lowest BCUT2D eigenvalue weighted by Crippen LogP contribution is -2.07. The molecule has 1 N–H and O–H groups in total. The quantitative estimate of drug-likeness (QED) is 0.718. The van der Waals surface area contributed by atoms with Crippen molar-refractivity contribution in [1.82, 2.24) is 24.7 Å². The number of aryl methyl sites for hydroxylation is 1. The molecule has 0 saturated heterocycles. The molecule has 0 aliphatic heterocycles. The van der Waals surface area contributed by atoms with Crippen molar-refractivity contribution in [3.63, 3.8) is 0 Å². The molecular weight excluding hydrogens is 304 g/mol. The highest BCUT2D eigenvalue weighted by Gasteiger charge is 2.03. The first-order valence-electron chi connectivity index (χ1n) is 7.70. The maximum Gasteiger partial charge on any atom is 0.156 e. The highest BCUT2D eigenvalue weighted by Crippen LogP contribution is 2.11. The molecule has 1 aromatic carbocycles. The van der Waals surface area contributed by atoms with Crippen LogP contribution in [0.5, 0.6) is 0 Å². The predicted molar refractivity (Wildman–Crippen MR) is 90.4 cm³/mol. The third-order valence-electron chi connectivity index (χ3n) is 3.45. The van der Waals surface area contributed by atoms with E-state index in [0.717, 1.165) is 11.5 Å². The second-order valence-corrected chi connectivity index (χ2v) is 5.51. The Morgan fingerprint density at radius 3 is 2.83 bits per heavy atom. The highest BCUT2D eigenvalue weighted by molar-refractivity contribution is 5.37. The van der Waals surface area contributed by atoms with E-state index in [9.17, 15) is 0 Å². The van der Waals surface area contributed by atoms with Gasteiger partial charge in [0.2, 0.25) is 0 Å². The Kier molecular flexibility index (Phi) is 5.12. The van der Waals surface area contributed by atoms with Gasteiger partial charge in [0.15, 0.2) is 5.82 Å². The Labute approximate surface area is 140 Å². The van der Waals surface area contributed by atoms with Crippen molar-refractivity contribution in [2.24, 2.45) is 0 Å². The lowest BCUT2D eigenvalue weighted by atomic mass is 10.1. The Morgan fingerprint density at radius 2 is 2.04 bits per heavy atom. The molecule has 0 radical (unpaired) electrons. The number of hydrogen-bond donors (Lipinski definition) is 1. The largest absolute Gasteiger partial charge is 0.377 e. The van der Waals surface area contributed by atoms with E-state index in [1.807, 2.05) is 19.1 Å². The summed E-state index contributed by atoms with van der Waals surface area (Å²) in [7, 11) is 1.64. The summed E-state index contributed by atoms with van der Waals surface area (Å²) in [5.41, 5.74) is 3.27. The second kappa shape index (κ2) is 7.65. The lowest BCUT2D eigenvalue weighted by molar-refractivity contribution is 0.177. The fraction of sp³-hybridized carbons (Fsp3) is 0.294. The van der Waals surface area contributed by atoms with E-state index in [2.05, 4.69) is 43.6 Å². The van der Waals surface area contributed by atoms with Gasteiger partial charge in [-0.15, -0.1) is 0 Å². The van der Waals surface area contributed by atoms with Gasteiger partial charge in [0.1, 0.15) is 25.1 Å². The van der Waals surface area contributed by atoms with Gasteiger partial charge in [0, 0.05) is 25.4 Å². The van der Waals surface area contributed by atoms with Gasteiger partial charge in [-0.05, 0) is 18.1 Å². The Balaban J connectivity index is 1.66. The zero-order chi connectivity index (χ0) is 16.8. The number of rotatable bonds is 7. The number of ether oxygens (including phenoxy) is 1. The summed E-state index contributed by atoms with van der Waals surface area (Å²) in [6.45, 7) is 3.75. The summed E-state index contributed by atoms with van der Waals surface area (Å²) in [4.78, 5) is 12.8. The molecule has 24 heavy (non-hydrogen) atoms. The maximum absolute atomic E-state index is 5.10. The molecule has 0 bridgehead atoms. The van der Waals surface area contributed by atoms with Crippen molar-refractivity contribution in [1.29, 1.82) is 0 Å². The number of aromatic nitrogens is 5. The van der Waals surface area contributed by atoms with Crippen LogP contribution in [0.25, 0.3) is 0 Å². The standard InChI is InChI=1S/C17H20N6O/c1-13-6-16(22-17(21-13)10-24-2)19-8-14-4-3-5-15(7-14)9-23-12-18-11-20-23/h3-7,11-12H,8-10H2,1-2H3,(H,19,21,22). The summed E-state index contributed by atoms with van der Waals surface area (Å²) in [5.74, 6) is 1.48. The fourth-order valence-electron chi connectivity index (χ4n) is 2.45. The van der Waals surface area contributed by atoms with Crippen molar-refractivity contribution in [2.45, 2.75) is 26.6 Å². The molecule has 7 heteroatoms. The number of nitrogens with one attached hydrogen (secondary N) is 1. The number of benzene rings is 1. The molecule has 3 rings (SSSR count). The molecule has 0 saturated carbocycles. The first kappa shape index (κ1) is 16.1. The van der Waals surface area contributed by atoms with Crippen LogP contribution in [0, 0.1) is 6.92 Å². The third-order valence-corrected chi connectivity index (χ3v) is 3.45. The third kappa shape index (κ3) is 4.36. The van der Waals surface area contributed by atoms with Crippen LogP contribution in [-0.4, -0.2) is 31.8 Å². The van der Waals surface area contributed by atoms with E-state index in [4.69, 9.17) is 4.74 Å². The minimum atomic E-state index is 0.406.